The lowest BCUT2D eigenvalue weighted by Gasteiger charge is -2.13. The van der Waals surface area contributed by atoms with Crippen molar-refractivity contribution in [1.82, 2.24) is 0 Å². The molecule has 0 aliphatic rings. The highest BCUT2D eigenvalue weighted by molar-refractivity contribution is 9.09. The molecule has 2 aromatic rings. The molecule has 0 spiro atoms. The molecule has 0 aromatic heterocycles. The van der Waals surface area contributed by atoms with Crippen LogP contribution in [0.25, 0.3) is 0 Å². The van der Waals surface area contributed by atoms with Crippen LogP contribution in [0.2, 0.25) is 5.02 Å². The Morgan fingerprint density at radius 1 is 1.24 bits per heavy atom. The van der Waals surface area contributed by atoms with Crippen LogP contribution in [0.3, 0.4) is 0 Å². The first-order valence-electron chi connectivity index (χ1n) is 6.24. The maximum atomic E-state index is 12.5. The number of carbonyl (C=O) groups excluding carboxylic acids is 2. The van der Waals surface area contributed by atoms with Gasteiger partial charge in [-0.3, -0.25) is 9.59 Å². The van der Waals surface area contributed by atoms with E-state index in [1.54, 1.807) is 31.2 Å². The number of hydrogen-bond donors (Lipinski definition) is 1. The van der Waals surface area contributed by atoms with E-state index in [-0.39, 0.29) is 27.6 Å². The summed E-state index contributed by atoms with van der Waals surface area (Å²) in [6, 6.07) is 10.3. The number of alkyl halides is 1. The van der Waals surface area contributed by atoms with Crippen LogP contribution in [0.1, 0.15) is 31.8 Å². The molecule has 0 saturated carbocycles. The van der Waals surface area contributed by atoms with Gasteiger partial charge in [0.2, 0.25) is 0 Å². The summed E-state index contributed by atoms with van der Waals surface area (Å²) in [6.07, 6.45) is 0. The molecular formula is C16H13BrClNO2. The highest BCUT2D eigenvalue weighted by Crippen LogP contribution is 2.30. The maximum absolute atomic E-state index is 12.5. The zero-order chi connectivity index (χ0) is 15.6. The summed E-state index contributed by atoms with van der Waals surface area (Å²) in [5.74, 6) is -0.376. The minimum atomic E-state index is -0.212. The molecule has 0 radical (unpaired) electrons. The van der Waals surface area contributed by atoms with Gasteiger partial charge in [-0.05, 0) is 18.6 Å². The van der Waals surface area contributed by atoms with Crippen molar-refractivity contribution in [2.45, 2.75) is 6.92 Å². The highest BCUT2D eigenvalue weighted by atomic mass is 79.9. The number of nitrogen functional groups attached to an aromatic ring is 1. The minimum Gasteiger partial charge on any atom is -0.398 e. The number of Topliss-reactive ketones (excluding diaryl/α,β-unsaturated/α-hetero) is 1. The van der Waals surface area contributed by atoms with Crippen LogP contribution in [-0.2, 0) is 0 Å². The second-order valence-corrected chi connectivity index (χ2v) is 5.54. The van der Waals surface area contributed by atoms with E-state index in [4.69, 9.17) is 17.3 Å². The van der Waals surface area contributed by atoms with E-state index < -0.39 is 0 Å². The molecule has 0 heterocycles. The van der Waals surface area contributed by atoms with Gasteiger partial charge in [0.25, 0.3) is 0 Å². The standard InChI is InChI=1S/C16H13BrClNO2/c1-9-14(13(20)8-17)12(18)7-11(15(9)19)16(21)10-5-3-2-4-6-10/h2-7H,8,19H2,1H3. The molecule has 0 aliphatic carbocycles. The smallest absolute Gasteiger partial charge is 0.195 e. The largest absolute Gasteiger partial charge is 0.398 e. The fraction of sp³-hybridized carbons (Fsp3) is 0.125. The third-order valence-corrected chi connectivity index (χ3v) is 4.07. The van der Waals surface area contributed by atoms with Crippen molar-refractivity contribution in [3.63, 3.8) is 0 Å². The van der Waals surface area contributed by atoms with E-state index in [1.165, 1.54) is 6.07 Å². The van der Waals surface area contributed by atoms with Crippen molar-refractivity contribution in [3.8, 4) is 0 Å². The fourth-order valence-corrected chi connectivity index (χ4v) is 2.77. The Hall–Kier alpha value is -1.65. The van der Waals surface area contributed by atoms with Crippen LogP contribution >= 0.6 is 27.5 Å². The number of halogens is 2. The Bertz CT molecular complexity index is 714. The zero-order valence-corrected chi connectivity index (χ0v) is 13.7. The van der Waals surface area contributed by atoms with Crippen LogP contribution in [0, 0.1) is 6.92 Å². The predicted molar refractivity (Wildman–Crippen MR) is 88.6 cm³/mol. The molecular weight excluding hydrogens is 354 g/mol. The summed E-state index contributed by atoms with van der Waals surface area (Å²) >= 11 is 9.27. The molecule has 3 nitrogen and oxygen atoms in total. The van der Waals surface area contributed by atoms with Crippen molar-refractivity contribution in [1.29, 1.82) is 0 Å². The van der Waals surface area contributed by atoms with Gasteiger partial charge >= 0.3 is 0 Å². The Morgan fingerprint density at radius 3 is 2.43 bits per heavy atom. The monoisotopic (exact) mass is 365 g/mol. The predicted octanol–water partition coefficient (Wildman–Crippen LogP) is 4.04. The Labute approximate surface area is 136 Å². The van der Waals surface area contributed by atoms with Gasteiger partial charge in [-0.1, -0.05) is 57.9 Å². The quantitative estimate of drug-likeness (QED) is 0.505. The second kappa shape index (κ2) is 6.41. The Kier molecular flexibility index (Phi) is 4.80. The normalized spacial score (nSPS) is 10.4. The number of ketones is 2. The summed E-state index contributed by atoms with van der Waals surface area (Å²) in [6.45, 7) is 1.69. The summed E-state index contributed by atoms with van der Waals surface area (Å²) in [4.78, 5) is 24.4. The summed E-state index contributed by atoms with van der Waals surface area (Å²) in [5, 5.41) is 0.393. The molecule has 0 amide bonds. The highest BCUT2D eigenvalue weighted by Gasteiger charge is 2.21. The second-order valence-electron chi connectivity index (χ2n) is 4.57. The van der Waals surface area contributed by atoms with E-state index in [9.17, 15) is 9.59 Å². The Balaban J connectivity index is 2.58. The average molecular weight is 367 g/mol. The average Bonchev–Trinajstić information content (AvgIpc) is 2.51. The molecule has 108 valence electrons. The molecule has 2 aromatic carbocycles. The van der Waals surface area contributed by atoms with Gasteiger partial charge in [0.1, 0.15) is 0 Å². The molecule has 0 bridgehead atoms. The maximum Gasteiger partial charge on any atom is 0.195 e. The molecule has 5 heteroatoms. The zero-order valence-electron chi connectivity index (χ0n) is 11.3. The van der Waals surface area contributed by atoms with Gasteiger partial charge in [0.15, 0.2) is 11.6 Å². The van der Waals surface area contributed by atoms with E-state index in [0.717, 1.165) is 0 Å². The van der Waals surface area contributed by atoms with Gasteiger partial charge in [-0.2, -0.15) is 0 Å². The number of nitrogens with two attached hydrogens (primary N) is 1. The molecule has 2 N–H and O–H groups in total. The Morgan fingerprint density at radius 2 is 1.86 bits per heavy atom. The number of benzene rings is 2. The first-order chi connectivity index (χ1) is 9.97. The van der Waals surface area contributed by atoms with Crippen LogP contribution in [0.4, 0.5) is 5.69 Å². The summed E-state index contributed by atoms with van der Waals surface area (Å²) in [7, 11) is 0. The van der Waals surface area contributed by atoms with Crippen molar-refractivity contribution in [2.75, 3.05) is 11.1 Å². The van der Waals surface area contributed by atoms with Crippen molar-refractivity contribution >= 4 is 44.8 Å². The molecule has 2 rings (SSSR count). The van der Waals surface area contributed by atoms with E-state index in [0.29, 0.717) is 22.3 Å². The fourth-order valence-electron chi connectivity index (χ4n) is 2.13. The lowest BCUT2D eigenvalue weighted by atomic mass is 9.95. The van der Waals surface area contributed by atoms with E-state index in [2.05, 4.69) is 15.9 Å². The van der Waals surface area contributed by atoms with Gasteiger partial charge in [-0.25, -0.2) is 0 Å². The topological polar surface area (TPSA) is 60.2 Å². The van der Waals surface area contributed by atoms with Crippen LogP contribution < -0.4 is 5.73 Å². The molecule has 0 aliphatic heterocycles. The number of anilines is 1. The first-order valence-corrected chi connectivity index (χ1v) is 7.74. The van der Waals surface area contributed by atoms with Crippen LogP contribution in [0.5, 0.6) is 0 Å². The molecule has 0 unspecified atom stereocenters. The first kappa shape index (κ1) is 15.7. The van der Waals surface area contributed by atoms with Gasteiger partial charge in [0.05, 0.1) is 10.4 Å². The van der Waals surface area contributed by atoms with Crippen molar-refractivity contribution in [2.24, 2.45) is 0 Å². The molecule has 0 atom stereocenters. The lowest BCUT2D eigenvalue weighted by Crippen LogP contribution is -2.12. The number of carbonyl (C=O) groups is 2. The number of rotatable bonds is 4. The van der Waals surface area contributed by atoms with Crippen molar-refractivity contribution in [3.05, 3.63) is 63.7 Å². The molecule has 0 saturated heterocycles. The summed E-state index contributed by atoms with van der Waals surface area (Å²) in [5.41, 5.74) is 8.06. The van der Waals surface area contributed by atoms with Crippen molar-refractivity contribution < 1.29 is 9.59 Å². The lowest BCUT2D eigenvalue weighted by molar-refractivity contribution is 0.101. The van der Waals surface area contributed by atoms with E-state index >= 15 is 0 Å². The van der Waals surface area contributed by atoms with Gasteiger partial charge in [0, 0.05) is 22.4 Å². The third kappa shape index (κ3) is 3.01. The van der Waals surface area contributed by atoms with Gasteiger partial charge in [-0.15, -0.1) is 0 Å². The number of hydrogen-bond acceptors (Lipinski definition) is 3. The SMILES string of the molecule is Cc1c(N)c(C(=O)c2ccccc2)cc(Cl)c1C(=O)CBr. The minimum absolute atomic E-state index is 0.152. The van der Waals surface area contributed by atoms with Gasteiger partial charge < -0.3 is 5.73 Å². The third-order valence-electron chi connectivity index (χ3n) is 3.26. The van der Waals surface area contributed by atoms with E-state index in [1.807, 2.05) is 6.07 Å². The van der Waals surface area contributed by atoms with Crippen LogP contribution in [0.15, 0.2) is 36.4 Å². The molecule has 21 heavy (non-hydrogen) atoms. The summed E-state index contributed by atoms with van der Waals surface area (Å²) < 4.78 is 0. The molecule has 0 fully saturated rings. The van der Waals surface area contributed by atoms with Crippen LogP contribution in [-0.4, -0.2) is 16.9 Å².